The summed E-state index contributed by atoms with van der Waals surface area (Å²) in [6.07, 6.45) is 1.85. The van der Waals surface area contributed by atoms with Crippen LogP contribution in [0.25, 0.3) is 0 Å². The quantitative estimate of drug-likeness (QED) is 0.609. The minimum atomic E-state index is -0.417. The summed E-state index contributed by atoms with van der Waals surface area (Å²) in [6, 6.07) is 7.09. The summed E-state index contributed by atoms with van der Waals surface area (Å²) in [7, 11) is 1.36. The van der Waals surface area contributed by atoms with E-state index < -0.39 is 5.97 Å². The molecule has 0 aliphatic carbocycles. The van der Waals surface area contributed by atoms with Crippen LogP contribution in [0.4, 0.5) is 5.00 Å². The van der Waals surface area contributed by atoms with Crippen LogP contribution in [0.5, 0.6) is 11.5 Å². The Balaban J connectivity index is 1.67. The van der Waals surface area contributed by atoms with Crippen LogP contribution in [-0.4, -0.2) is 50.2 Å². The van der Waals surface area contributed by atoms with E-state index in [1.54, 1.807) is 24.3 Å². The van der Waals surface area contributed by atoms with Crippen LogP contribution in [0.3, 0.4) is 0 Å². The second-order valence-electron chi connectivity index (χ2n) is 6.97. The molecular weight excluding hydrogens is 404 g/mol. The average molecular weight is 433 g/mol. The van der Waals surface area contributed by atoms with Gasteiger partial charge in [-0.2, -0.15) is 0 Å². The molecule has 1 N–H and O–H groups in total. The summed E-state index contributed by atoms with van der Waals surface area (Å²) in [5.41, 5.74) is 1.46. The van der Waals surface area contributed by atoms with Crippen molar-refractivity contribution in [3.05, 3.63) is 40.3 Å². The molecule has 0 atom stereocenters. The Labute approximate surface area is 180 Å². The number of nitrogens with zero attached hydrogens (tertiary/aromatic N) is 1. The first-order valence-corrected chi connectivity index (χ1v) is 11.0. The largest absolute Gasteiger partial charge is 0.494 e. The van der Waals surface area contributed by atoms with Crippen molar-refractivity contribution in [3.8, 4) is 11.5 Å². The number of carbonyl (C=O) groups excluding carboxylic acids is 2. The van der Waals surface area contributed by atoms with Crippen molar-refractivity contribution in [2.24, 2.45) is 0 Å². The monoisotopic (exact) mass is 432 g/mol. The van der Waals surface area contributed by atoms with Gasteiger partial charge in [-0.15, -0.1) is 11.3 Å². The standard InChI is InChI=1S/C22H28N2O5S/c1-4-11-24-12-10-17-18(13-24)30-21(20(17)22(26)27-3)23-19(25)14-29-16-8-6-15(7-9-16)28-5-2/h6-9H,4-5,10-14H2,1-3H3,(H,23,25). The summed E-state index contributed by atoms with van der Waals surface area (Å²) in [5.74, 6) is 0.581. The van der Waals surface area contributed by atoms with Crippen LogP contribution >= 0.6 is 11.3 Å². The number of nitrogens with one attached hydrogen (secondary N) is 1. The molecule has 1 aromatic heterocycles. The number of ether oxygens (including phenoxy) is 3. The van der Waals surface area contributed by atoms with E-state index in [-0.39, 0.29) is 12.5 Å². The molecule has 1 aliphatic heterocycles. The lowest BCUT2D eigenvalue weighted by Gasteiger charge is -2.26. The molecule has 1 amide bonds. The van der Waals surface area contributed by atoms with Crippen molar-refractivity contribution in [2.45, 2.75) is 33.2 Å². The average Bonchev–Trinajstić information content (AvgIpc) is 3.10. The lowest BCUT2D eigenvalue weighted by atomic mass is 10.0. The Morgan fingerprint density at radius 1 is 1.13 bits per heavy atom. The van der Waals surface area contributed by atoms with E-state index >= 15 is 0 Å². The maximum atomic E-state index is 12.5. The molecule has 162 valence electrons. The molecule has 2 heterocycles. The van der Waals surface area contributed by atoms with Gasteiger partial charge in [0.25, 0.3) is 5.91 Å². The van der Waals surface area contributed by atoms with Gasteiger partial charge < -0.3 is 19.5 Å². The van der Waals surface area contributed by atoms with Gasteiger partial charge >= 0.3 is 5.97 Å². The molecule has 0 unspecified atom stereocenters. The van der Waals surface area contributed by atoms with Gasteiger partial charge in [0.05, 0.1) is 19.3 Å². The van der Waals surface area contributed by atoms with Crippen molar-refractivity contribution in [3.63, 3.8) is 0 Å². The van der Waals surface area contributed by atoms with Gasteiger partial charge in [-0.3, -0.25) is 9.69 Å². The Hall–Kier alpha value is -2.58. The topological polar surface area (TPSA) is 77.1 Å². The third-order valence-electron chi connectivity index (χ3n) is 4.82. The molecule has 0 bridgehead atoms. The first-order valence-electron chi connectivity index (χ1n) is 10.2. The molecule has 0 fully saturated rings. The fourth-order valence-corrected chi connectivity index (χ4v) is 4.77. The molecule has 1 aromatic carbocycles. The van der Waals surface area contributed by atoms with Gasteiger partial charge in [0.1, 0.15) is 16.5 Å². The first kappa shape index (κ1) is 22.1. The Bertz CT molecular complexity index is 878. The lowest BCUT2D eigenvalue weighted by Crippen LogP contribution is -2.30. The van der Waals surface area contributed by atoms with Crippen molar-refractivity contribution in [2.75, 3.05) is 38.7 Å². The van der Waals surface area contributed by atoms with E-state index in [1.165, 1.54) is 18.4 Å². The van der Waals surface area contributed by atoms with E-state index in [0.717, 1.165) is 48.7 Å². The number of benzene rings is 1. The summed E-state index contributed by atoms with van der Waals surface area (Å²) in [5, 5.41) is 3.38. The fraction of sp³-hybridized carbons (Fsp3) is 0.455. The molecule has 30 heavy (non-hydrogen) atoms. The van der Waals surface area contributed by atoms with Crippen LogP contribution in [0.2, 0.25) is 0 Å². The zero-order valence-corrected chi connectivity index (χ0v) is 18.5. The zero-order valence-electron chi connectivity index (χ0n) is 17.7. The number of methoxy groups -OCH3 is 1. The van der Waals surface area contributed by atoms with Gasteiger partial charge in [-0.25, -0.2) is 4.79 Å². The lowest BCUT2D eigenvalue weighted by molar-refractivity contribution is -0.118. The molecule has 3 rings (SSSR count). The minimum Gasteiger partial charge on any atom is -0.494 e. The van der Waals surface area contributed by atoms with Crippen molar-refractivity contribution < 1.29 is 23.8 Å². The van der Waals surface area contributed by atoms with Crippen molar-refractivity contribution in [1.82, 2.24) is 4.90 Å². The van der Waals surface area contributed by atoms with Gasteiger partial charge in [0, 0.05) is 18.0 Å². The van der Waals surface area contributed by atoms with Crippen molar-refractivity contribution in [1.29, 1.82) is 0 Å². The minimum absolute atomic E-state index is 0.154. The number of hydrogen-bond acceptors (Lipinski definition) is 7. The fourth-order valence-electron chi connectivity index (χ4n) is 3.48. The third-order valence-corrected chi connectivity index (χ3v) is 5.96. The highest BCUT2D eigenvalue weighted by molar-refractivity contribution is 7.17. The molecule has 0 saturated carbocycles. The highest BCUT2D eigenvalue weighted by Gasteiger charge is 2.29. The van der Waals surface area contributed by atoms with Gasteiger partial charge in [0.15, 0.2) is 6.61 Å². The molecule has 7 nitrogen and oxygen atoms in total. The van der Waals surface area contributed by atoms with Gasteiger partial charge in [0.2, 0.25) is 0 Å². The van der Waals surface area contributed by atoms with Crippen LogP contribution < -0.4 is 14.8 Å². The Morgan fingerprint density at radius 2 is 1.83 bits per heavy atom. The predicted octanol–water partition coefficient (Wildman–Crippen LogP) is 3.72. The molecular formula is C22H28N2O5S. The smallest absolute Gasteiger partial charge is 0.341 e. The number of amides is 1. The number of esters is 1. The van der Waals surface area contributed by atoms with Crippen molar-refractivity contribution >= 4 is 28.2 Å². The molecule has 0 spiro atoms. The normalized spacial score (nSPS) is 13.4. The van der Waals surface area contributed by atoms with Crippen LogP contribution in [-0.2, 0) is 22.5 Å². The molecule has 0 saturated heterocycles. The number of anilines is 1. The van der Waals surface area contributed by atoms with Crippen LogP contribution in [0.1, 0.15) is 41.1 Å². The molecule has 1 aliphatic rings. The Kier molecular flexibility index (Phi) is 7.70. The summed E-state index contributed by atoms with van der Waals surface area (Å²) in [4.78, 5) is 28.3. The molecule has 8 heteroatoms. The number of carbonyl (C=O) groups is 2. The number of rotatable bonds is 9. The third kappa shape index (κ3) is 5.31. The van der Waals surface area contributed by atoms with E-state index in [1.807, 2.05) is 6.92 Å². The second-order valence-corrected chi connectivity index (χ2v) is 8.07. The highest BCUT2D eigenvalue weighted by Crippen LogP contribution is 2.37. The second kappa shape index (κ2) is 10.4. The summed E-state index contributed by atoms with van der Waals surface area (Å²) < 4.78 is 15.9. The van der Waals surface area contributed by atoms with Crippen LogP contribution in [0, 0.1) is 0 Å². The number of thiophene rings is 1. The van der Waals surface area contributed by atoms with Gasteiger partial charge in [-0.05, 0) is 56.1 Å². The summed E-state index contributed by atoms with van der Waals surface area (Å²) >= 11 is 1.45. The Morgan fingerprint density at radius 3 is 2.47 bits per heavy atom. The summed E-state index contributed by atoms with van der Waals surface area (Å²) in [6.45, 7) is 7.21. The maximum Gasteiger partial charge on any atom is 0.341 e. The molecule has 0 radical (unpaired) electrons. The first-order chi connectivity index (χ1) is 14.5. The van der Waals surface area contributed by atoms with E-state index in [4.69, 9.17) is 14.2 Å². The predicted molar refractivity (Wildman–Crippen MR) is 117 cm³/mol. The van der Waals surface area contributed by atoms with Gasteiger partial charge in [-0.1, -0.05) is 6.92 Å². The molecule has 2 aromatic rings. The maximum absolute atomic E-state index is 12.5. The van der Waals surface area contributed by atoms with E-state index in [0.29, 0.717) is 22.9 Å². The van der Waals surface area contributed by atoms with Crippen LogP contribution in [0.15, 0.2) is 24.3 Å². The highest BCUT2D eigenvalue weighted by atomic mass is 32.1. The number of fused-ring (bicyclic) bond motifs is 1. The van der Waals surface area contributed by atoms with E-state index in [9.17, 15) is 9.59 Å². The van der Waals surface area contributed by atoms with E-state index in [2.05, 4.69) is 17.1 Å². The SMILES string of the molecule is CCCN1CCc2c(sc(NC(=O)COc3ccc(OCC)cc3)c2C(=O)OC)C1. The zero-order chi connectivity index (χ0) is 21.5. The number of hydrogen-bond donors (Lipinski definition) is 1.